The number of aryl methyl sites for hydroxylation is 2. The molecule has 2 amide bonds. The molecule has 0 aliphatic heterocycles. The van der Waals surface area contributed by atoms with Gasteiger partial charge in [0.1, 0.15) is 11.8 Å². The van der Waals surface area contributed by atoms with Crippen LogP contribution in [0.3, 0.4) is 0 Å². The Hall–Kier alpha value is -3.31. The smallest absolute Gasteiger partial charge is 0.261 e. The number of rotatable bonds is 12. The molecule has 36 heavy (non-hydrogen) atoms. The Morgan fingerprint density at radius 3 is 2.25 bits per heavy atom. The molecule has 0 spiro atoms. The number of nitrogens with zero attached hydrogens (tertiary/aromatic N) is 1. The van der Waals surface area contributed by atoms with Crippen molar-refractivity contribution in [2.75, 3.05) is 13.2 Å². The molecule has 0 fully saturated rings. The van der Waals surface area contributed by atoms with Gasteiger partial charge in [-0.05, 0) is 66.8 Å². The van der Waals surface area contributed by atoms with Crippen molar-refractivity contribution in [2.45, 2.75) is 52.6 Å². The lowest BCUT2D eigenvalue weighted by Gasteiger charge is -2.31. The third kappa shape index (κ3) is 8.42. The van der Waals surface area contributed by atoms with Crippen LogP contribution in [0, 0.1) is 13.8 Å². The summed E-state index contributed by atoms with van der Waals surface area (Å²) in [6.07, 6.45) is 2.26. The van der Waals surface area contributed by atoms with E-state index in [1.54, 1.807) is 17.0 Å². The molecule has 0 saturated carbocycles. The molecule has 0 aromatic heterocycles. The molecular weight excluding hydrogens is 472 g/mol. The zero-order valence-electron chi connectivity index (χ0n) is 21.3. The maximum atomic E-state index is 13.6. The van der Waals surface area contributed by atoms with Gasteiger partial charge < -0.3 is 15.0 Å². The zero-order chi connectivity index (χ0) is 25.9. The van der Waals surface area contributed by atoms with Crippen LogP contribution in [-0.4, -0.2) is 35.9 Å². The van der Waals surface area contributed by atoms with Gasteiger partial charge in [-0.1, -0.05) is 73.5 Å². The fraction of sp³-hybridized carbons (Fsp3) is 0.333. The minimum Gasteiger partial charge on any atom is -0.484 e. The van der Waals surface area contributed by atoms with Crippen LogP contribution in [0.4, 0.5) is 0 Å². The lowest BCUT2D eigenvalue weighted by molar-refractivity contribution is -0.142. The number of halogens is 1. The Labute approximate surface area is 219 Å². The molecule has 0 unspecified atom stereocenters. The molecule has 1 atom stereocenters. The number of amides is 2. The molecule has 3 aromatic carbocycles. The van der Waals surface area contributed by atoms with Gasteiger partial charge in [-0.25, -0.2) is 0 Å². The Morgan fingerprint density at radius 1 is 0.944 bits per heavy atom. The van der Waals surface area contributed by atoms with Crippen molar-refractivity contribution in [1.82, 2.24) is 10.2 Å². The number of nitrogens with one attached hydrogen (secondary N) is 1. The van der Waals surface area contributed by atoms with Gasteiger partial charge in [-0.3, -0.25) is 9.59 Å². The summed E-state index contributed by atoms with van der Waals surface area (Å²) in [6.45, 7) is 6.74. The van der Waals surface area contributed by atoms with Crippen molar-refractivity contribution in [3.05, 3.63) is 100 Å². The normalized spacial score (nSPS) is 11.6. The van der Waals surface area contributed by atoms with E-state index in [9.17, 15) is 9.59 Å². The quantitative estimate of drug-likeness (QED) is 0.311. The second-order valence-corrected chi connectivity index (χ2v) is 9.55. The molecule has 0 aliphatic rings. The minimum absolute atomic E-state index is 0.163. The average Bonchev–Trinajstić information content (AvgIpc) is 2.86. The highest BCUT2D eigenvalue weighted by molar-refractivity contribution is 6.30. The van der Waals surface area contributed by atoms with Crippen LogP contribution in [0.15, 0.2) is 72.8 Å². The third-order valence-corrected chi connectivity index (χ3v) is 6.18. The van der Waals surface area contributed by atoms with Gasteiger partial charge in [-0.2, -0.15) is 0 Å². The fourth-order valence-corrected chi connectivity index (χ4v) is 4.22. The standard InChI is InChI=1S/C30H35ClN2O3/c1-4-5-15-32-30(35)28(19-24-9-7-6-8-10-24)33(20-25-11-13-26(31)14-12-25)29(34)21-36-27-17-22(2)16-23(3)18-27/h6-14,16-18,28H,4-5,15,19-21H2,1-3H3,(H,32,35)/t28-/m0/s1. The second-order valence-electron chi connectivity index (χ2n) is 9.11. The summed E-state index contributed by atoms with van der Waals surface area (Å²) in [7, 11) is 0. The molecular formula is C30H35ClN2O3. The largest absolute Gasteiger partial charge is 0.484 e. The second kappa shape index (κ2) is 13.7. The van der Waals surface area contributed by atoms with Crippen LogP contribution in [0.2, 0.25) is 5.02 Å². The van der Waals surface area contributed by atoms with Gasteiger partial charge in [0.15, 0.2) is 6.61 Å². The Morgan fingerprint density at radius 2 is 1.61 bits per heavy atom. The molecule has 6 heteroatoms. The Balaban J connectivity index is 1.88. The van der Waals surface area contributed by atoms with Crippen molar-refractivity contribution in [3.63, 3.8) is 0 Å². The average molecular weight is 507 g/mol. The maximum absolute atomic E-state index is 13.6. The number of unbranched alkanes of at least 4 members (excludes halogenated alkanes) is 1. The SMILES string of the molecule is CCCCNC(=O)[C@H](Cc1ccccc1)N(Cc1ccc(Cl)cc1)C(=O)COc1cc(C)cc(C)c1. The first-order chi connectivity index (χ1) is 17.4. The van der Waals surface area contributed by atoms with Gasteiger partial charge in [-0.15, -0.1) is 0 Å². The maximum Gasteiger partial charge on any atom is 0.261 e. The first-order valence-electron chi connectivity index (χ1n) is 12.4. The number of hydrogen-bond donors (Lipinski definition) is 1. The molecule has 1 N–H and O–H groups in total. The molecule has 0 heterocycles. The highest BCUT2D eigenvalue weighted by Gasteiger charge is 2.30. The van der Waals surface area contributed by atoms with E-state index < -0.39 is 6.04 Å². The van der Waals surface area contributed by atoms with Crippen molar-refractivity contribution in [2.24, 2.45) is 0 Å². The van der Waals surface area contributed by atoms with Gasteiger partial charge in [0.05, 0.1) is 0 Å². The van der Waals surface area contributed by atoms with Crippen molar-refractivity contribution >= 4 is 23.4 Å². The Kier molecular flexibility index (Phi) is 10.4. The van der Waals surface area contributed by atoms with Gasteiger partial charge in [0, 0.05) is 24.5 Å². The van der Waals surface area contributed by atoms with E-state index in [1.807, 2.05) is 68.4 Å². The monoisotopic (exact) mass is 506 g/mol. The van der Waals surface area contributed by atoms with Crippen molar-refractivity contribution in [3.8, 4) is 5.75 Å². The van der Waals surface area contributed by atoms with E-state index in [1.165, 1.54) is 0 Å². The lowest BCUT2D eigenvalue weighted by atomic mass is 10.0. The van der Waals surface area contributed by atoms with Crippen LogP contribution in [0.1, 0.15) is 42.0 Å². The summed E-state index contributed by atoms with van der Waals surface area (Å²) in [4.78, 5) is 28.7. The van der Waals surface area contributed by atoms with E-state index in [-0.39, 0.29) is 25.0 Å². The highest BCUT2D eigenvalue weighted by Crippen LogP contribution is 2.19. The van der Waals surface area contributed by atoms with Crippen LogP contribution in [-0.2, 0) is 22.6 Å². The molecule has 3 aromatic rings. The number of carbonyl (C=O) groups excluding carboxylic acids is 2. The predicted octanol–water partition coefficient (Wildman–Crippen LogP) is 5.89. The van der Waals surface area contributed by atoms with E-state index in [0.29, 0.717) is 23.7 Å². The van der Waals surface area contributed by atoms with Gasteiger partial charge in [0.2, 0.25) is 5.91 Å². The summed E-state index contributed by atoms with van der Waals surface area (Å²) in [6, 6.07) is 22.3. The Bertz CT molecular complexity index is 1110. The lowest BCUT2D eigenvalue weighted by Crippen LogP contribution is -2.51. The molecule has 0 aliphatic carbocycles. The molecule has 0 bridgehead atoms. The summed E-state index contributed by atoms with van der Waals surface area (Å²) >= 11 is 6.08. The first kappa shape index (κ1) is 27.3. The first-order valence-corrected chi connectivity index (χ1v) is 12.8. The molecule has 3 rings (SSSR count). The van der Waals surface area contributed by atoms with Crippen LogP contribution in [0.25, 0.3) is 0 Å². The number of ether oxygens (including phenoxy) is 1. The highest BCUT2D eigenvalue weighted by atomic mass is 35.5. The molecule has 5 nitrogen and oxygen atoms in total. The summed E-state index contributed by atoms with van der Waals surface area (Å²) in [5, 5.41) is 3.65. The zero-order valence-corrected chi connectivity index (χ0v) is 22.1. The molecule has 0 saturated heterocycles. The third-order valence-electron chi connectivity index (χ3n) is 5.92. The minimum atomic E-state index is -0.685. The van der Waals surface area contributed by atoms with Crippen LogP contribution < -0.4 is 10.1 Å². The van der Waals surface area contributed by atoms with Crippen molar-refractivity contribution < 1.29 is 14.3 Å². The van der Waals surface area contributed by atoms with E-state index in [2.05, 4.69) is 18.3 Å². The summed E-state index contributed by atoms with van der Waals surface area (Å²) in [5.41, 5.74) is 4.00. The van der Waals surface area contributed by atoms with E-state index in [4.69, 9.17) is 16.3 Å². The van der Waals surface area contributed by atoms with Crippen LogP contribution in [0.5, 0.6) is 5.75 Å². The summed E-state index contributed by atoms with van der Waals surface area (Å²) < 4.78 is 5.90. The number of hydrogen-bond acceptors (Lipinski definition) is 3. The molecule has 190 valence electrons. The fourth-order valence-electron chi connectivity index (χ4n) is 4.09. The molecule has 0 radical (unpaired) electrons. The topological polar surface area (TPSA) is 58.6 Å². The predicted molar refractivity (Wildman–Crippen MR) is 145 cm³/mol. The van der Waals surface area contributed by atoms with Gasteiger partial charge in [0.25, 0.3) is 5.91 Å². The summed E-state index contributed by atoms with van der Waals surface area (Å²) in [5.74, 6) is 0.219. The van der Waals surface area contributed by atoms with E-state index in [0.717, 1.165) is 35.1 Å². The van der Waals surface area contributed by atoms with Crippen molar-refractivity contribution in [1.29, 1.82) is 0 Å². The number of carbonyl (C=O) groups is 2. The number of benzene rings is 3. The van der Waals surface area contributed by atoms with E-state index >= 15 is 0 Å². The van der Waals surface area contributed by atoms with Gasteiger partial charge >= 0.3 is 0 Å². The van der Waals surface area contributed by atoms with Crippen LogP contribution >= 0.6 is 11.6 Å².